The molecule has 4 N–H and O–H groups in total. The molecule has 0 aromatic carbocycles. The number of esters is 2. The summed E-state index contributed by atoms with van der Waals surface area (Å²) in [6.45, 7) is 3.42. The van der Waals surface area contributed by atoms with Crippen LogP contribution in [0.15, 0.2) is 24.3 Å². The van der Waals surface area contributed by atoms with Gasteiger partial charge in [-0.15, -0.1) is 0 Å². The van der Waals surface area contributed by atoms with Gasteiger partial charge in [-0.25, -0.2) is 0 Å². The van der Waals surface area contributed by atoms with E-state index in [1.807, 2.05) is 0 Å². The first kappa shape index (κ1) is 57.2. The van der Waals surface area contributed by atoms with Crippen molar-refractivity contribution in [2.24, 2.45) is 0 Å². The summed E-state index contributed by atoms with van der Waals surface area (Å²) in [5.41, 5.74) is 0. The van der Waals surface area contributed by atoms with Gasteiger partial charge in [0.15, 0.2) is 12.4 Å². The van der Waals surface area contributed by atoms with Crippen molar-refractivity contribution >= 4 is 11.9 Å². The van der Waals surface area contributed by atoms with Gasteiger partial charge < -0.3 is 39.4 Å². The number of hydrogen-bond acceptors (Lipinski definition) is 10. The number of unbranched alkanes of at least 4 members (excludes halogenated alkanes) is 28. The molecule has 1 aliphatic rings. The van der Waals surface area contributed by atoms with E-state index in [0.29, 0.717) is 12.8 Å². The third-order valence-corrected chi connectivity index (χ3v) is 11.8. The molecule has 0 aromatic rings. The van der Waals surface area contributed by atoms with Crippen LogP contribution >= 0.6 is 0 Å². The minimum atomic E-state index is -1.59. The maximum atomic E-state index is 12.8. The first-order valence-corrected chi connectivity index (χ1v) is 25.4. The number of carbonyl (C=O) groups is 2. The third-order valence-electron chi connectivity index (χ3n) is 11.8. The smallest absolute Gasteiger partial charge is 0.306 e. The maximum Gasteiger partial charge on any atom is 0.306 e. The minimum absolute atomic E-state index is 0.221. The van der Waals surface area contributed by atoms with Crippen LogP contribution in [-0.2, 0) is 28.5 Å². The molecule has 10 nitrogen and oxygen atoms in total. The van der Waals surface area contributed by atoms with E-state index in [-0.39, 0.29) is 32.0 Å². The molecule has 1 rings (SSSR count). The van der Waals surface area contributed by atoms with E-state index < -0.39 is 49.4 Å². The number of aliphatic hydroxyl groups is 4. The van der Waals surface area contributed by atoms with Gasteiger partial charge in [0, 0.05) is 12.8 Å². The molecule has 10 heteroatoms. The van der Waals surface area contributed by atoms with E-state index in [9.17, 15) is 30.0 Å². The number of ether oxygens (including phenoxy) is 4. The first-order valence-electron chi connectivity index (χ1n) is 25.4. The van der Waals surface area contributed by atoms with Crippen LogP contribution in [-0.4, -0.2) is 89.0 Å². The zero-order valence-corrected chi connectivity index (χ0v) is 39.2. The van der Waals surface area contributed by atoms with Crippen LogP contribution in [0, 0.1) is 0 Å². The summed E-state index contributed by atoms with van der Waals surface area (Å²) in [4.78, 5) is 25.4. The topological polar surface area (TPSA) is 152 Å². The van der Waals surface area contributed by atoms with Crippen LogP contribution in [0.1, 0.15) is 232 Å². The first-order chi connectivity index (χ1) is 29.8. The maximum absolute atomic E-state index is 12.8. The molecule has 0 aromatic heterocycles. The van der Waals surface area contributed by atoms with Crippen molar-refractivity contribution in [1.29, 1.82) is 0 Å². The van der Waals surface area contributed by atoms with Gasteiger partial charge >= 0.3 is 11.9 Å². The quantitative estimate of drug-likeness (QED) is 0.0265. The molecule has 0 spiro atoms. The van der Waals surface area contributed by atoms with Gasteiger partial charge in [-0.1, -0.05) is 199 Å². The van der Waals surface area contributed by atoms with Gasteiger partial charge in [0.05, 0.1) is 13.2 Å². The summed E-state index contributed by atoms with van der Waals surface area (Å²) >= 11 is 0. The van der Waals surface area contributed by atoms with Crippen LogP contribution in [0.25, 0.3) is 0 Å². The standard InChI is InChI=1S/C51H94O10/c1-3-5-7-9-11-13-15-17-19-20-21-22-23-24-26-28-30-32-34-36-38-40-47(54)60-44(43-59-51-50(57)49(56)48(55)45(41-52)61-51)42-58-46(53)39-37-35-33-31-29-27-25-18-16-14-12-10-8-6-4-2/h12,14,18,25,44-45,48-52,55-57H,3-11,13,15-17,19-24,26-43H2,1-2H3/b14-12+,25-18+/t44-,45-,48+,49?,50?,51-/m1/s1. The van der Waals surface area contributed by atoms with Crippen LogP contribution in [0.4, 0.5) is 0 Å². The molecule has 0 aliphatic carbocycles. The average molecular weight is 867 g/mol. The molecule has 1 saturated heterocycles. The molecule has 1 heterocycles. The number of hydrogen-bond donors (Lipinski definition) is 4. The molecule has 0 saturated carbocycles. The highest BCUT2D eigenvalue weighted by molar-refractivity contribution is 5.70. The lowest BCUT2D eigenvalue weighted by Gasteiger charge is -2.39. The Morgan fingerprint density at radius 1 is 0.508 bits per heavy atom. The zero-order valence-electron chi connectivity index (χ0n) is 39.2. The summed E-state index contributed by atoms with van der Waals surface area (Å²) < 4.78 is 22.2. The Labute approximate surface area is 373 Å². The van der Waals surface area contributed by atoms with Gasteiger partial charge in [-0.05, 0) is 44.9 Å². The van der Waals surface area contributed by atoms with Crippen molar-refractivity contribution in [3.8, 4) is 0 Å². The van der Waals surface area contributed by atoms with Crippen molar-refractivity contribution < 1.29 is 49.0 Å². The number of rotatable bonds is 43. The Balaban J connectivity index is 2.25. The van der Waals surface area contributed by atoms with Crippen molar-refractivity contribution in [1.82, 2.24) is 0 Å². The molecule has 358 valence electrons. The van der Waals surface area contributed by atoms with Crippen LogP contribution in [0.3, 0.4) is 0 Å². The lowest BCUT2D eigenvalue weighted by molar-refractivity contribution is -0.305. The Bertz CT molecular complexity index is 1050. The van der Waals surface area contributed by atoms with E-state index in [0.717, 1.165) is 57.8 Å². The van der Waals surface area contributed by atoms with Crippen LogP contribution < -0.4 is 0 Å². The Hall–Kier alpha value is -1.82. The van der Waals surface area contributed by atoms with E-state index in [1.54, 1.807) is 0 Å². The van der Waals surface area contributed by atoms with Crippen molar-refractivity contribution in [3.63, 3.8) is 0 Å². The summed E-state index contributed by atoms with van der Waals surface area (Å²) in [5, 5.41) is 40.2. The minimum Gasteiger partial charge on any atom is -0.462 e. The summed E-state index contributed by atoms with van der Waals surface area (Å²) in [7, 11) is 0. The summed E-state index contributed by atoms with van der Waals surface area (Å²) in [6.07, 6.45) is 40.4. The Morgan fingerprint density at radius 2 is 0.918 bits per heavy atom. The van der Waals surface area contributed by atoms with Gasteiger partial charge in [-0.2, -0.15) is 0 Å². The van der Waals surface area contributed by atoms with Gasteiger partial charge in [0.1, 0.15) is 31.0 Å². The van der Waals surface area contributed by atoms with E-state index in [2.05, 4.69) is 38.2 Å². The monoisotopic (exact) mass is 867 g/mol. The molecular weight excluding hydrogens is 773 g/mol. The second-order valence-electron chi connectivity index (χ2n) is 17.6. The Kier molecular flexibility index (Phi) is 39.5. The molecule has 0 bridgehead atoms. The molecule has 6 atom stereocenters. The van der Waals surface area contributed by atoms with Crippen molar-refractivity contribution in [2.75, 3.05) is 19.8 Å². The number of carbonyl (C=O) groups excluding carboxylic acids is 2. The second-order valence-corrected chi connectivity index (χ2v) is 17.6. The van der Waals surface area contributed by atoms with Crippen LogP contribution in [0.2, 0.25) is 0 Å². The van der Waals surface area contributed by atoms with E-state index >= 15 is 0 Å². The fourth-order valence-corrected chi connectivity index (χ4v) is 7.81. The third kappa shape index (κ3) is 33.4. The lowest BCUT2D eigenvalue weighted by atomic mass is 9.99. The molecule has 0 radical (unpaired) electrons. The summed E-state index contributed by atoms with van der Waals surface area (Å²) in [6, 6.07) is 0. The van der Waals surface area contributed by atoms with Crippen molar-refractivity contribution in [3.05, 3.63) is 24.3 Å². The fourth-order valence-electron chi connectivity index (χ4n) is 7.81. The zero-order chi connectivity index (χ0) is 44.4. The van der Waals surface area contributed by atoms with E-state index in [1.165, 1.54) is 135 Å². The molecule has 61 heavy (non-hydrogen) atoms. The molecule has 1 aliphatic heterocycles. The molecule has 2 unspecified atom stereocenters. The Morgan fingerprint density at radius 3 is 1.39 bits per heavy atom. The fraction of sp³-hybridized carbons (Fsp3) is 0.882. The van der Waals surface area contributed by atoms with Crippen molar-refractivity contribution in [2.45, 2.75) is 269 Å². The largest absolute Gasteiger partial charge is 0.462 e. The summed E-state index contributed by atoms with van der Waals surface area (Å²) in [5.74, 6) is -0.811. The normalized spacial score (nSPS) is 19.9. The molecule has 1 fully saturated rings. The predicted octanol–water partition coefficient (Wildman–Crippen LogP) is 11.7. The molecular formula is C51H94O10. The lowest BCUT2D eigenvalue weighted by Crippen LogP contribution is -2.59. The van der Waals surface area contributed by atoms with Crippen LogP contribution in [0.5, 0.6) is 0 Å². The average Bonchev–Trinajstić information content (AvgIpc) is 3.26. The number of aliphatic hydroxyl groups excluding tert-OH is 4. The highest BCUT2D eigenvalue weighted by Crippen LogP contribution is 2.23. The van der Waals surface area contributed by atoms with Gasteiger partial charge in [0.2, 0.25) is 0 Å². The van der Waals surface area contributed by atoms with Gasteiger partial charge in [-0.3, -0.25) is 9.59 Å². The van der Waals surface area contributed by atoms with E-state index in [4.69, 9.17) is 18.9 Å². The number of allylic oxidation sites excluding steroid dienone is 4. The predicted molar refractivity (Wildman–Crippen MR) is 247 cm³/mol. The highest BCUT2D eigenvalue weighted by Gasteiger charge is 2.44. The SMILES string of the molecule is CCCCC/C=C/C/C=C/CCCCCCCC(=O)OC[C@H](CO[C@@H]1O[C@H](CO)[C@H](O)C(O)C1O)OC(=O)CCCCCCCCCCCCCCCCCCCCCCC. The van der Waals surface area contributed by atoms with Gasteiger partial charge in [0.25, 0.3) is 0 Å². The highest BCUT2D eigenvalue weighted by atomic mass is 16.7. The second kappa shape index (κ2) is 42.1. The molecule has 0 amide bonds.